The van der Waals surface area contributed by atoms with Crippen LogP contribution in [0.25, 0.3) is 10.8 Å². The molecule has 20 heavy (non-hydrogen) atoms. The standard InChI is InChI=1S/C17H24N2S/c1-4-17(5-2,20-3)13-19-11-14-6-7-16-12-18-9-8-15(16)10-14/h6-10,12,19H,4-5,11,13H2,1-3H3. The van der Waals surface area contributed by atoms with Crippen molar-refractivity contribution in [3.05, 3.63) is 42.2 Å². The van der Waals surface area contributed by atoms with Crippen LogP contribution in [0.5, 0.6) is 0 Å². The second kappa shape index (κ2) is 7.09. The molecule has 0 saturated heterocycles. The molecule has 0 amide bonds. The van der Waals surface area contributed by atoms with Gasteiger partial charge in [0.15, 0.2) is 0 Å². The molecule has 0 unspecified atom stereocenters. The third-order valence-electron chi connectivity index (χ3n) is 4.20. The first-order valence-electron chi connectivity index (χ1n) is 7.31. The van der Waals surface area contributed by atoms with E-state index in [0.717, 1.165) is 13.1 Å². The number of nitrogens with zero attached hydrogens (tertiary/aromatic N) is 1. The third-order valence-corrected chi connectivity index (χ3v) is 5.79. The Balaban J connectivity index is 1.99. The molecule has 1 heterocycles. The second-order valence-electron chi connectivity index (χ2n) is 5.25. The van der Waals surface area contributed by atoms with Gasteiger partial charge in [-0.1, -0.05) is 26.0 Å². The van der Waals surface area contributed by atoms with Crippen LogP contribution >= 0.6 is 11.8 Å². The van der Waals surface area contributed by atoms with Gasteiger partial charge in [0.2, 0.25) is 0 Å². The minimum Gasteiger partial charge on any atom is -0.311 e. The number of hydrogen-bond donors (Lipinski definition) is 1. The highest BCUT2D eigenvalue weighted by molar-refractivity contribution is 8.00. The molecule has 0 spiro atoms. The molecule has 0 fully saturated rings. The zero-order valence-electron chi connectivity index (χ0n) is 12.6. The highest BCUT2D eigenvalue weighted by Crippen LogP contribution is 2.29. The van der Waals surface area contributed by atoms with Gasteiger partial charge in [0.1, 0.15) is 0 Å². The zero-order chi connectivity index (χ0) is 14.4. The van der Waals surface area contributed by atoms with Gasteiger partial charge >= 0.3 is 0 Å². The van der Waals surface area contributed by atoms with Crippen molar-refractivity contribution in [1.82, 2.24) is 10.3 Å². The van der Waals surface area contributed by atoms with Crippen molar-refractivity contribution < 1.29 is 0 Å². The van der Waals surface area contributed by atoms with Crippen molar-refractivity contribution in [1.29, 1.82) is 0 Å². The molecule has 1 aromatic heterocycles. The summed E-state index contributed by atoms with van der Waals surface area (Å²) >= 11 is 1.98. The van der Waals surface area contributed by atoms with Crippen molar-refractivity contribution in [2.75, 3.05) is 12.8 Å². The Morgan fingerprint density at radius 1 is 1.15 bits per heavy atom. The predicted octanol–water partition coefficient (Wildman–Crippen LogP) is 4.25. The molecule has 2 rings (SSSR count). The number of nitrogens with one attached hydrogen (secondary N) is 1. The molecule has 3 heteroatoms. The maximum Gasteiger partial charge on any atom is 0.0346 e. The molecule has 1 N–H and O–H groups in total. The Morgan fingerprint density at radius 2 is 1.95 bits per heavy atom. The monoisotopic (exact) mass is 288 g/mol. The molecule has 0 radical (unpaired) electrons. The quantitative estimate of drug-likeness (QED) is 0.824. The van der Waals surface area contributed by atoms with Crippen LogP contribution in [0.2, 0.25) is 0 Å². The van der Waals surface area contributed by atoms with E-state index in [1.54, 1.807) is 0 Å². The average Bonchev–Trinajstić information content (AvgIpc) is 2.52. The number of thioether (sulfide) groups is 1. The highest BCUT2D eigenvalue weighted by atomic mass is 32.2. The van der Waals surface area contributed by atoms with E-state index in [0.29, 0.717) is 4.75 Å². The molecule has 0 saturated carbocycles. The van der Waals surface area contributed by atoms with Gasteiger partial charge in [-0.3, -0.25) is 4.98 Å². The molecule has 1 aromatic carbocycles. The molecule has 0 aliphatic carbocycles. The number of pyridine rings is 1. The first-order valence-corrected chi connectivity index (χ1v) is 8.54. The molecule has 0 aliphatic rings. The Kier molecular flexibility index (Phi) is 5.44. The number of hydrogen-bond acceptors (Lipinski definition) is 3. The average molecular weight is 288 g/mol. The van der Waals surface area contributed by atoms with E-state index in [2.05, 4.69) is 54.7 Å². The normalized spacial score (nSPS) is 11.9. The van der Waals surface area contributed by atoms with Crippen molar-refractivity contribution in [3.8, 4) is 0 Å². The molecule has 108 valence electrons. The smallest absolute Gasteiger partial charge is 0.0346 e. The third kappa shape index (κ3) is 3.53. The number of aromatic nitrogens is 1. The van der Waals surface area contributed by atoms with Crippen LogP contribution in [-0.4, -0.2) is 22.5 Å². The van der Waals surface area contributed by atoms with Gasteiger partial charge in [-0.15, -0.1) is 0 Å². The number of fused-ring (bicyclic) bond motifs is 1. The van der Waals surface area contributed by atoms with Gasteiger partial charge in [0.25, 0.3) is 0 Å². The fourth-order valence-corrected chi connectivity index (χ4v) is 3.36. The maximum atomic E-state index is 4.15. The lowest BCUT2D eigenvalue weighted by Crippen LogP contribution is -2.36. The van der Waals surface area contributed by atoms with Crippen LogP contribution < -0.4 is 5.32 Å². The summed E-state index contributed by atoms with van der Waals surface area (Å²) in [7, 11) is 0. The van der Waals surface area contributed by atoms with E-state index in [4.69, 9.17) is 0 Å². The summed E-state index contributed by atoms with van der Waals surface area (Å²) in [5, 5.41) is 6.09. The van der Waals surface area contributed by atoms with Gasteiger partial charge in [-0.25, -0.2) is 0 Å². The van der Waals surface area contributed by atoms with Crippen LogP contribution in [0.1, 0.15) is 32.3 Å². The zero-order valence-corrected chi connectivity index (χ0v) is 13.5. The lowest BCUT2D eigenvalue weighted by atomic mass is 10.0. The largest absolute Gasteiger partial charge is 0.311 e. The lowest BCUT2D eigenvalue weighted by molar-refractivity contribution is 0.495. The summed E-state index contributed by atoms with van der Waals surface area (Å²) in [5.74, 6) is 0. The van der Waals surface area contributed by atoms with Gasteiger partial charge in [-0.2, -0.15) is 11.8 Å². The van der Waals surface area contributed by atoms with Crippen molar-refractivity contribution in [2.45, 2.75) is 38.0 Å². The highest BCUT2D eigenvalue weighted by Gasteiger charge is 2.23. The maximum absolute atomic E-state index is 4.15. The van der Waals surface area contributed by atoms with Crippen LogP contribution in [0.3, 0.4) is 0 Å². The van der Waals surface area contributed by atoms with Crippen LogP contribution in [0, 0.1) is 0 Å². The van der Waals surface area contributed by atoms with E-state index >= 15 is 0 Å². The number of rotatable bonds is 7. The van der Waals surface area contributed by atoms with Gasteiger partial charge in [0, 0.05) is 35.6 Å². The Hall–Kier alpha value is -1.06. The Bertz CT molecular complexity index is 541. The summed E-state index contributed by atoms with van der Waals surface area (Å²) in [6.45, 7) is 6.56. The van der Waals surface area contributed by atoms with Crippen LogP contribution in [-0.2, 0) is 6.54 Å². The molecule has 0 aliphatic heterocycles. The second-order valence-corrected chi connectivity index (χ2v) is 6.53. The number of benzene rings is 1. The van der Waals surface area contributed by atoms with Gasteiger partial charge < -0.3 is 5.32 Å². The summed E-state index contributed by atoms with van der Waals surface area (Å²) < 4.78 is 0.376. The molecular formula is C17H24N2S. The Labute approximate surface area is 126 Å². The van der Waals surface area contributed by atoms with E-state index in [9.17, 15) is 0 Å². The van der Waals surface area contributed by atoms with Crippen LogP contribution in [0.15, 0.2) is 36.7 Å². The fraction of sp³-hybridized carbons (Fsp3) is 0.471. The summed E-state index contributed by atoms with van der Waals surface area (Å²) in [5.41, 5.74) is 1.34. The first-order chi connectivity index (χ1) is 9.73. The van der Waals surface area contributed by atoms with E-state index < -0.39 is 0 Å². The summed E-state index contributed by atoms with van der Waals surface area (Å²) in [6, 6.07) is 8.67. The molecular weight excluding hydrogens is 264 g/mol. The molecule has 2 nitrogen and oxygen atoms in total. The van der Waals surface area contributed by atoms with E-state index in [1.807, 2.05) is 24.2 Å². The topological polar surface area (TPSA) is 24.9 Å². The SMILES string of the molecule is CCC(CC)(CNCc1ccc2cnccc2c1)SC. The van der Waals surface area contributed by atoms with Crippen LogP contribution in [0.4, 0.5) is 0 Å². The predicted molar refractivity (Wildman–Crippen MR) is 90.3 cm³/mol. The van der Waals surface area contributed by atoms with Crippen molar-refractivity contribution >= 4 is 22.5 Å². The van der Waals surface area contributed by atoms with Crippen molar-refractivity contribution in [3.63, 3.8) is 0 Å². The van der Waals surface area contributed by atoms with Gasteiger partial charge in [-0.05, 0) is 42.2 Å². The van der Waals surface area contributed by atoms with Gasteiger partial charge in [0.05, 0.1) is 0 Å². The minimum absolute atomic E-state index is 0.376. The molecule has 2 aromatic rings. The molecule has 0 atom stereocenters. The molecule has 0 bridgehead atoms. The van der Waals surface area contributed by atoms with E-state index in [-0.39, 0.29) is 0 Å². The lowest BCUT2D eigenvalue weighted by Gasteiger charge is -2.30. The van der Waals surface area contributed by atoms with Crippen molar-refractivity contribution in [2.24, 2.45) is 0 Å². The fourth-order valence-electron chi connectivity index (χ4n) is 2.54. The first kappa shape index (κ1) is 15.3. The van der Waals surface area contributed by atoms with E-state index in [1.165, 1.54) is 29.2 Å². The Morgan fingerprint density at radius 3 is 2.65 bits per heavy atom. The summed E-state index contributed by atoms with van der Waals surface area (Å²) in [6.07, 6.45) is 8.41. The summed E-state index contributed by atoms with van der Waals surface area (Å²) in [4.78, 5) is 4.15. The minimum atomic E-state index is 0.376.